The first-order valence-electron chi connectivity index (χ1n) is 6.84. The molecule has 0 aromatic rings. The summed E-state index contributed by atoms with van der Waals surface area (Å²) >= 11 is 2.88. The van der Waals surface area contributed by atoms with Crippen LogP contribution in [0.25, 0.3) is 0 Å². The summed E-state index contributed by atoms with van der Waals surface area (Å²) in [5.41, 5.74) is -0.330. The fourth-order valence-corrected chi connectivity index (χ4v) is 2.19. The van der Waals surface area contributed by atoms with Gasteiger partial charge in [0.25, 0.3) is 0 Å². The number of hydrogen-bond donors (Lipinski definition) is 2. The lowest BCUT2D eigenvalue weighted by atomic mass is 9.86. The Balaban J connectivity index is 0.000000711. The van der Waals surface area contributed by atoms with Crippen molar-refractivity contribution in [3.8, 4) is 0 Å². The maximum atomic E-state index is 11.5. The molecule has 0 heterocycles. The average molecular weight is 290 g/mol. The highest BCUT2D eigenvalue weighted by atomic mass is 32.1. The monoisotopic (exact) mass is 290 g/mol. The van der Waals surface area contributed by atoms with Crippen LogP contribution < -0.4 is 0 Å². The molecule has 5 heteroatoms. The van der Waals surface area contributed by atoms with Crippen molar-refractivity contribution in [2.45, 2.75) is 71.3 Å². The van der Waals surface area contributed by atoms with Gasteiger partial charge in [-0.05, 0) is 33.1 Å². The number of esters is 1. The van der Waals surface area contributed by atoms with Gasteiger partial charge in [0.1, 0.15) is 5.60 Å². The van der Waals surface area contributed by atoms with E-state index in [-0.39, 0.29) is 11.6 Å². The van der Waals surface area contributed by atoms with Gasteiger partial charge in [-0.1, -0.05) is 44.7 Å². The highest BCUT2D eigenvalue weighted by molar-refractivity contribution is 7.96. The Morgan fingerprint density at radius 2 is 1.68 bits per heavy atom. The van der Waals surface area contributed by atoms with Gasteiger partial charge in [0.15, 0.2) is 0 Å². The Morgan fingerprint density at radius 3 is 2.11 bits per heavy atom. The van der Waals surface area contributed by atoms with Crippen LogP contribution in [0, 0.1) is 5.92 Å². The number of thiol groups is 1. The number of rotatable bonds is 3. The first-order chi connectivity index (χ1) is 8.70. The molecule has 19 heavy (non-hydrogen) atoms. The van der Waals surface area contributed by atoms with Gasteiger partial charge in [0.2, 0.25) is 0 Å². The molecular weight excluding hydrogens is 264 g/mol. The van der Waals surface area contributed by atoms with Gasteiger partial charge >= 0.3 is 11.3 Å². The number of carbonyl (C=O) groups is 2. The molecule has 1 fully saturated rings. The smallest absolute Gasteiger partial charge is 0.361 e. The average Bonchev–Trinajstić information content (AvgIpc) is 2.25. The second kappa shape index (κ2) is 9.23. The predicted molar refractivity (Wildman–Crippen MR) is 78.7 cm³/mol. The van der Waals surface area contributed by atoms with Gasteiger partial charge in [0.05, 0.1) is 0 Å². The summed E-state index contributed by atoms with van der Waals surface area (Å²) in [6.07, 6.45) is 8.31. The largest absolute Gasteiger partial charge is 0.473 e. The van der Waals surface area contributed by atoms with Gasteiger partial charge in [-0.25, -0.2) is 4.79 Å². The molecule has 0 amide bonds. The van der Waals surface area contributed by atoms with Crippen LogP contribution in [-0.2, 0) is 9.53 Å². The van der Waals surface area contributed by atoms with Crippen molar-refractivity contribution >= 4 is 23.9 Å². The Bertz CT molecular complexity index is 274. The summed E-state index contributed by atoms with van der Waals surface area (Å²) in [7, 11) is 0. The lowest BCUT2D eigenvalue weighted by molar-refractivity contribution is -0.155. The van der Waals surface area contributed by atoms with E-state index < -0.39 is 5.30 Å². The van der Waals surface area contributed by atoms with Gasteiger partial charge in [-0.15, -0.1) is 0 Å². The van der Waals surface area contributed by atoms with Crippen molar-refractivity contribution in [1.29, 1.82) is 0 Å². The minimum atomic E-state index is -1.14. The highest BCUT2D eigenvalue weighted by Gasteiger charge is 2.19. The van der Waals surface area contributed by atoms with Crippen molar-refractivity contribution in [3.63, 3.8) is 0 Å². The molecule has 1 saturated carbocycles. The molecule has 0 bridgehead atoms. The number of hydrogen-bond acceptors (Lipinski definition) is 3. The summed E-state index contributed by atoms with van der Waals surface area (Å²) in [5.74, 6) is 0.736. The van der Waals surface area contributed by atoms with Gasteiger partial charge in [0, 0.05) is 6.42 Å². The molecule has 0 spiro atoms. The van der Waals surface area contributed by atoms with Crippen molar-refractivity contribution in [1.82, 2.24) is 0 Å². The van der Waals surface area contributed by atoms with Crippen molar-refractivity contribution in [2.24, 2.45) is 5.92 Å². The first-order valence-corrected chi connectivity index (χ1v) is 7.29. The molecule has 0 radical (unpaired) electrons. The molecule has 0 aromatic heterocycles. The number of carbonyl (C=O) groups excluding carboxylic acids is 1. The molecule has 0 unspecified atom stereocenters. The highest BCUT2D eigenvalue weighted by Crippen LogP contribution is 2.27. The van der Waals surface area contributed by atoms with Crippen LogP contribution in [0.4, 0.5) is 4.79 Å². The standard InChI is InChI=1S/C13H24O2.CH2O2S/c1-13(2,3)15-12(14)10-9-11-7-5-4-6-8-11;2-1(3)4/h11H,4-10H2,1-3H3;4H,(H,2,3). The molecule has 0 aliphatic heterocycles. The predicted octanol–water partition coefficient (Wildman–Crippen LogP) is 4.28. The normalized spacial score (nSPS) is 16.2. The fourth-order valence-electron chi connectivity index (χ4n) is 2.19. The first kappa shape index (κ1) is 18.3. The summed E-state index contributed by atoms with van der Waals surface area (Å²) in [6.45, 7) is 5.77. The number of ether oxygens (including phenoxy) is 1. The Hall–Kier alpha value is -0.710. The molecule has 0 saturated heterocycles. The van der Waals surface area contributed by atoms with E-state index in [1.165, 1.54) is 32.1 Å². The van der Waals surface area contributed by atoms with Crippen LogP contribution in [0.1, 0.15) is 65.7 Å². The third-order valence-electron chi connectivity index (χ3n) is 2.90. The second-order valence-electron chi connectivity index (χ2n) is 5.91. The molecule has 0 aromatic carbocycles. The van der Waals surface area contributed by atoms with Crippen molar-refractivity contribution in [2.75, 3.05) is 0 Å². The van der Waals surface area contributed by atoms with E-state index in [4.69, 9.17) is 14.6 Å². The summed E-state index contributed by atoms with van der Waals surface area (Å²) in [5, 5.41) is 6.14. The van der Waals surface area contributed by atoms with Gasteiger partial charge in [-0.3, -0.25) is 4.79 Å². The van der Waals surface area contributed by atoms with Crippen LogP contribution in [0.15, 0.2) is 0 Å². The third-order valence-corrected chi connectivity index (χ3v) is 2.90. The molecule has 1 aliphatic carbocycles. The molecular formula is C14H26O4S. The zero-order valence-electron chi connectivity index (χ0n) is 12.1. The maximum Gasteiger partial charge on any atom is 0.361 e. The fraction of sp³-hybridized carbons (Fsp3) is 0.857. The molecule has 112 valence electrons. The van der Waals surface area contributed by atoms with Gasteiger partial charge < -0.3 is 9.84 Å². The van der Waals surface area contributed by atoms with Crippen LogP contribution in [0.3, 0.4) is 0 Å². The Morgan fingerprint density at radius 1 is 1.21 bits per heavy atom. The molecule has 0 atom stereocenters. The van der Waals surface area contributed by atoms with Crippen molar-refractivity contribution < 1.29 is 19.4 Å². The minimum Gasteiger partial charge on any atom is -0.473 e. The van der Waals surface area contributed by atoms with E-state index in [2.05, 4.69) is 12.6 Å². The lowest BCUT2D eigenvalue weighted by Gasteiger charge is -2.23. The van der Waals surface area contributed by atoms with Crippen LogP contribution in [0.5, 0.6) is 0 Å². The second-order valence-corrected chi connectivity index (χ2v) is 6.29. The topological polar surface area (TPSA) is 63.6 Å². The number of carboxylic acid groups (broad SMARTS) is 1. The van der Waals surface area contributed by atoms with E-state index in [0.717, 1.165) is 12.3 Å². The quantitative estimate of drug-likeness (QED) is 0.601. The third kappa shape index (κ3) is 13.5. The zero-order valence-corrected chi connectivity index (χ0v) is 13.0. The minimum absolute atomic E-state index is 0.0342. The van der Waals surface area contributed by atoms with Crippen LogP contribution in [0.2, 0.25) is 0 Å². The van der Waals surface area contributed by atoms with E-state index in [1.807, 2.05) is 20.8 Å². The zero-order chi connectivity index (χ0) is 14.9. The van der Waals surface area contributed by atoms with E-state index in [0.29, 0.717) is 6.42 Å². The SMILES string of the molecule is CC(C)(C)OC(=O)CCC1CCCCC1.O=C(O)S. The molecule has 1 aliphatic rings. The summed E-state index contributed by atoms with van der Waals surface area (Å²) in [6, 6.07) is 0. The van der Waals surface area contributed by atoms with Crippen molar-refractivity contribution in [3.05, 3.63) is 0 Å². The van der Waals surface area contributed by atoms with E-state index >= 15 is 0 Å². The molecule has 4 nitrogen and oxygen atoms in total. The molecule has 1 rings (SSSR count). The van der Waals surface area contributed by atoms with E-state index in [9.17, 15) is 4.79 Å². The Labute approximate surface area is 121 Å². The summed E-state index contributed by atoms with van der Waals surface area (Å²) < 4.78 is 5.29. The van der Waals surface area contributed by atoms with Gasteiger partial charge in [-0.2, -0.15) is 0 Å². The Kier molecular flexibility index (Phi) is 8.89. The van der Waals surface area contributed by atoms with Crippen LogP contribution in [-0.4, -0.2) is 22.0 Å². The van der Waals surface area contributed by atoms with E-state index in [1.54, 1.807) is 0 Å². The lowest BCUT2D eigenvalue weighted by Crippen LogP contribution is -2.24. The maximum absolute atomic E-state index is 11.5. The van der Waals surface area contributed by atoms with Crippen LogP contribution >= 0.6 is 12.6 Å². The molecule has 1 N–H and O–H groups in total. The summed E-state index contributed by atoms with van der Waals surface area (Å²) in [4.78, 5) is 20.3.